The molecule has 0 atom stereocenters. The van der Waals surface area contributed by atoms with E-state index in [0.717, 1.165) is 10.6 Å². The summed E-state index contributed by atoms with van der Waals surface area (Å²) in [5.41, 5.74) is 7.59. The Bertz CT molecular complexity index is 236. The van der Waals surface area contributed by atoms with E-state index >= 15 is 0 Å². The van der Waals surface area contributed by atoms with E-state index in [1.165, 1.54) is 5.56 Å². The van der Waals surface area contributed by atoms with Crippen molar-refractivity contribution in [1.29, 1.82) is 0 Å². The third-order valence-electron chi connectivity index (χ3n) is 1.43. The van der Waals surface area contributed by atoms with E-state index in [2.05, 4.69) is 0 Å². The highest BCUT2D eigenvalue weighted by molar-refractivity contribution is 6.31. The van der Waals surface area contributed by atoms with Crippen LogP contribution in [0.15, 0.2) is 18.2 Å². The molecule has 62 valence electrons. The number of benzene rings is 1. The lowest BCUT2D eigenvalue weighted by Crippen LogP contribution is -1.96. The zero-order valence-electron chi connectivity index (χ0n) is 6.30. The van der Waals surface area contributed by atoms with Gasteiger partial charge in [-0.05, 0) is 24.1 Å². The summed E-state index contributed by atoms with van der Waals surface area (Å²) in [6.45, 7) is 2.52. The van der Waals surface area contributed by atoms with Crippen LogP contribution >= 0.6 is 24.0 Å². The van der Waals surface area contributed by atoms with Crippen LogP contribution in [0.25, 0.3) is 0 Å². The Morgan fingerprint density at radius 3 is 2.55 bits per heavy atom. The SMILES string of the molecule is Cc1ccc(CN)c(Cl)c1.Cl. The molecule has 1 nitrogen and oxygen atoms in total. The molecule has 0 saturated carbocycles. The first-order valence-corrected chi connectivity index (χ1v) is 3.57. The van der Waals surface area contributed by atoms with Gasteiger partial charge in [-0.2, -0.15) is 0 Å². The van der Waals surface area contributed by atoms with E-state index in [9.17, 15) is 0 Å². The van der Waals surface area contributed by atoms with Crippen molar-refractivity contribution in [3.05, 3.63) is 34.3 Å². The smallest absolute Gasteiger partial charge is 0.0453 e. The maximum atomic E-state index is 5.85. The average molecular weight is 192 g/mol. The summed E-state index contributed by atoms with van der Waals surface area (Å²) in [6, 6.07) is 5.88. The highest BCUT2D eigenvalue weighted by atomic mass is 35.5. The van der Waals surface area contributed by atoms with E-state index in [-0.39, 0.29) is 12.4 Å². The van der Waals surface area contributed by atoms with Crippen LogP contribution in [0.3, 0.4) is 0 Å². The van der Waals surface area contributed by atoms with Crippen LogP contribution < -0.4 is 5.73 Å². The molecule has 0 aliphatic rings. The summed E-state index contributed by atoms with van der Waals surface area (Å²) in [5, 5.41) is 0.766. The largest absolute Gasteiger partial charge is 0.326 e. The zero-order valence-corrected chi connectivity index (χ0v) is 7.88. The fourth-order valence-electron chi connectivity index (χ4n) is 0.818. The molecule has 11 heavy (non-hydrogen) atoms. The molecular weight excluding hydrogens is 181 g/mol. The van der Waals surface area contributed by atoms with Crippen molar-refractivity contribution in [3.8, 4) is 0 Å². The molecule has 0 spiro atoms. The maximum absolute atomic E-state index is 5.85. The van der Waals surface area contributed by atoms with Gasteiger partial charge in [-0.1, -0.05) is 23.7 Å². The molecule has 0 bridgehead atoms. The topological polar surface area (TPSA) is 26.0 Å². The first kappa shape index (κ1) is 10.8. The number of hydrogen-bond acceptors (Lipinski definition) is 1. The second kappa shape index (κ2) is 4.60. The van der Waals surface area contributed by atoms with Crippen molar-refractivity contribution in [1.82, 2.24) is 0 Å². The van der Waals surface area contributed by atoms with E-state index in [4.69, 9.17) is 17.3 Å². The standard InChI is InChI=1S/C8H10ClN.ClH/c1-6-2-3-7(5-10)8(9)4-6;/h2-4H,5,10H2,1H3;1H. The third-order valence-corrected chi connectivity index (χ3v) is 1.78. The molecular formula is C8H11Cl2N. The van der Waals surface area contributed by atoms with Crippen molar-refractivity contribution >= 4 is 24.0 Å². The lowest BCUT2D eigenvalue weighted by molar-refractivity contribution is 1.07. The molecule has 1 rings (SSSR count). The number of halogens is 2. The lowest BCUT2D eigenvalue weighted by Gasteiger charge is -2.00. The Hall–Kier alpha value is -0.240. The number of aryl methyl sites for hydroxylation is 1. The minimum Gasteiger partial charge on any atom is -0.326 e. The van der Waals surface area contributed by atoms with Crippen LogP contribution in [0.5, 0.6) is 0 Å². The van der Waals surface area contributed by atoms with Crippen LogP contribution in [-0.4, -0.2) is 0 Å². The summed E-state index contributed by atoms with van der Waals surface area (Å²) >= 11 is 5.85. The van der Waals surface area contributed by atoms with Crippen molar-refractivity contribution in [2.24, 2.45) is 5.73 Å². The molecule has 0 amide bonds. The number of rotatable bonds is 1. The molecule has 0 aromatic heterocycles. The van der Waals surface area contributed by atoms with Gasteiger partial charge >= 0.3 is 0 Å². The van der Waals surface area contributed by atoms with Crippen LogP contribution in [0.1, 0.15) is 11.1 Å². The molecule has 0 unspecified atom stereocenters. The normalized spacial score (nSPS) is 9.00. The first-order valence-electron chi connectivity index (χ1n) is 3.19. The average Bonchev–Trinajstić information content (AvgIpc) is 1.88. The molecule has 0 aliphatic carbocycles. The molecule has 0 radical (unpaired) electrons. The van der Waals surface area contributed by atoms with Crippen LogP contribution in [-0.2, 0) is 6.54 Å². The second-order valence-corrected chi connectivity index (χ2v) is 2.71. The quantitative estimate of drug-likeness (QED) is 0.726. The summed E-state index contributed by atoms with van der Waals surface area (Å²) in [7, 11) is 0. The second-order valence-electron chi connectivity index (χ2n) is 2.30. The summed E-state index contributed by atoms with van der Waals surface area (Å²) < 4.78 is 0. The predicted octanol–water partition coefficient (Wildman–Crippen LogP) is 2.53. The van der Waals surface area contributed by atoms with Gasteiger partial charge in [0.25, 0.3) is 0 Å². The van der Waals surface area contributed by atoms with Crippen LogP contribution in [0, 0.1) is 6.92 Å². The highest BCUT2D eigenvalue weighted by Gasteiger charge is 1.95. The lowest BCUT2D eigenvalue weighted by atomic mass is 10.1. The minimum atomic E-state index is 0. The Kier molecular flexibility index (Phi) is 4.50. The van der Waals surface area contributed by atoms with Gasteiger partial charge in [0, 0.05) is 11.6 Å². The molecule has 0 saturated heterocycles. The molecule has 0 aliphatic heterocycles. The summed E-state index contributed by atoms with van der Waals surface area (Å²) in [6.07, 6.45) is 0. The molecule has 3 heteroatoms. The van der Waals surface area contributed by atoms with E-state index < -0.39 is 0 Å². The van der Waals surface area contributed by atoms with E-state index in [0.29, 0.717) is 6.54 Å². The Morgan fingerprint density at radius 2 is 2.09 bits per heavy atom. The van der Waals surface area contributed by atoms with Crippen LogP contribution in [0.4, 0.5) is 0 Å². The van der Waals surface area contributed by atoms with Crippen LogP contribution in [0.2, 0.25) is 5.02 Å². The number of hydrogen-bond donors (Lipinski definition) is 1. The molecule has 0 heterocycles. The molecule has 1 aromatic rings. The summed E-state index contributed by atoms with van der Waals surface area (Å²) in [4.78, 5) is 0. The van der Waals surface area contributed by atoms with Crippen molar-refractivity contribution in [2.45, 2.75) is 13.5 Å². The predicted molar refractivity (Wildman–Crippen MR) is 51.3 cm³/mol. The molecule has 1 aromatic carbocycles. The Balaban J connectivity index is 0.000001000. The third kappa shape index (κ3) is 2.70. The monoisotopic (exact) mass is 191 g/mol. The fourth-order valence-corrected chi connectivity index (χ4v) is 1.13. The number of nitrogens with two attached hydrogens (primary N) is 1. The fraction of sp³-hybridized carbons (Fsp3) is 0.250. The van der Waals surface area contributed by atoms with E-state index in [1.807, 2.05) is 25.1 Å². The van der Waals surface area contributed by atoms with Crippen molar-refractivity contribution in [2.75, 3.05) is 0 Å². The molecule has 2 N–H and O–H groups in total. The van der Waals surface area contributed by atoms with Gasteiger partial charge in [0.1, 0.15) is 0 Å². The van der Waals surface area contributed by atoms with E-state index in [1.54, 1.807) is 0 Å². The van der Waals surface area contributed by atoms with Gasteiger partial charge in [-0.15, -0.1) is 12.4 Å². The van der Waals surface area contributed by atoms with Gasteiger partial charge in [-0.25, -0.2) is 0 Å². The Labute approximate surface area is 78.0 Å². The molecule has 0 fully saturated rings. The summed E-state index contributed by atoms with van der Waals surface area (Å²) in [5.74, 6) is 0. The maximum Gasteiger partial charge on any atom is 0.0453 e. The van der Waals surface area contributed by atoms with Gasteiger partial charge in [0.2, 0.25) is 0 Å². The van der Waals surface area contributed by atoms with Crippen molar-refractivity contribution < 1.29 is 0 Å². The van der Waals surface area contributed by atoms with Gasteiger partial charge in [0.15, 0.2) is 0 Å². The first-order chi connectivity index (χ1) is 4.74. The van der Waals surface area contributed by atoms with Gasteiger partial charge in [-0.3, -0.25) is 0 Å². The van der Waals surface area contributed by atoms with Gasteiger partial charge in [0.05, 0.1) is 0 Å². The van der Waals surface area contributed by atoms with Crippen molar-refractivity contribution in [3.63, 3.8) is 0 Å². The zero-order chi connectivity index (χ0) is 7.56. The Morgan fingerprint density at radius 1 is 1.45 bits per heavy atom. The minimum absolute atomic E-state index is 0. The highest BCUT2D eigenvalue weighted by Crippen LogP contribution is 2.16. The van der Waals surface area contributed by atoms with Gasteiger partial charge < -0.3 is 5.73 Å².